The molecule has 0 unspecified atom stereocenters. The second-order valence-corrected chi connectivity index (χ2v) is 5.52. The van der Waals surface area contributed by atoms with Crippen molar-refractivity contribution in [3.63, 3.8) is 0 Å². The van der Waals surface area contributed by atoms with Crippen molar-refractivity contribution in [3.05, 3.63) is 29.8 Å². The number of benzene rings is 1. The van der Waals surface area contributed by atoms with Gasteiger partial charge in [0.05, 0.1) is 11.6 Å². The minimum absolute atomic E-state index is 0.145. The average Bonchev–Trinajstić information content (AvgIpc) is 2.46. The molecule has 0 aromatic heterocycles. The van der Waals surface area contributed by atoms with E-state index in [4.69, 9.17) is 5.26 Å². The van der Waals surface area contributed by atoms with Gasteiger partial charge in [0.1, 0.15) is 0 Å². The largest absolute Gasteiger partial charge is 0.315 e. The summed E-state index contributed by atoms with van der Waals surface area (Å²) in [5, 5.41) is 8.91. The Kier molecular flexibility index (Phi) is 4.21. The highest BCUT2D eigenvalue weighted by molar-refractivity contribution is 5.94. The number of carbonyl (C=O) groups is 1. The van der Waals surface area contributed by atoms with E-state index in [-0.39, 0.29) is 11.8 Å². The minimum atomic E-state index is 0.145. The summed E-state index contributed by atoms with van der Waals surface area (Å²) in [5.41, 5.74) is 1.40. The van der Waals surface area contributed by atoms with E-state index in [0.29, 0.717) is 5.56 Å². The fourth-order valence-electron chi connectivity index (χ4n) is 2.69. The quantitative estimate of drug-likeness (QED) is 0.814. The lowest BCUT2D eigenvalue weighted by atomic mass is 9.82. The number of anilines is 1. The van der Waals surface area contributed by atoms with Crippen molar-refractivity contribution in [1.82, 2.24) is 0 Å². The van der Waals surface area contributed by atoms with E-state index in [0.717, 1.165) is 37.3 Å². The number of rotatable bonds is 2. The topological polar surface area (TPSA) is 44.1 Å². The zero-order valence-corrected chi connectivity index (χ0v) is 11.6. The summed E-state index contributed by atoms with van der Waals surface area (Å²) in [5.74, 6) is 1.07. The normalized spacial score (nSPS) is 22.6. The summed E-state index contributed by atoms with van der Waals surface area (Å²) in [6.07, 6.45) is 4.26. The predicted molar refractivity (Wildman–Crippen MR) is 75.7 cm³/mol. The second-order valence-electron chi connectivity index (χ2n) is 5.52. The van der Waals surface area contributed by atoms with Crippen molar-refractivity contribution in [2.45, 2.75) is 32.6 Å². The number of nitrogens with zero attached hydrogens (tertiary/aromatic N) is 2. The molecule has 0 aliphatic heterocycles. The molecule has 0 atom stereocenters. The van der Waals surface area contributed by atoms with E-state index in [9.17, 15) is 4.79 Å². The van der Waals surface area contributed by atoms with E-state index in [2.05, 4.69) is 13.0 Å². The van der Waals surface area contributed by atoms with Crippen LogP contribution in [0.2, 0.25) is 0 Å². The molecular weight excluding hydrogens is 236 g/mol. The lowest BCUT2D eigenvalue weighted by molar-refractivity contribution is -0.123. The van der Waals surface area contributed by atoms with Gasteiger partial charge in [-0.1, -0.05) is 13.0 Å². The zero-order valence-electron chi connectivity index (χ0n) is 11.6. The van der Waals surface area contributed by atoms with Gasteiger partial charge in [0, 0.05) is 18.7 Å². The van der Waals surface area contributed by atoms with Crippen molar-refractivity contribution in [1.29, 1.82) is 5.26 Å². The number of hydrogen-bond acceptors (Lipinski definition) is 2. The predicted octanol–water partition coefficient (Wildman–Crippen LogP) is 3.35. The van der Waals surface area contributed by atoms with Gasteiger partial charge in [0.15, 0.2) is 0 Å². The highest BCUT2D eigenvalue weighted by Gasteiger charge is 2.27. The van der Waals surface area contributed by atoms with Crippen LogP contribution in [0.15, 0.2) is 24.3 Å². The molecule has 100 valence electrons. The van der Waals surface area contributed by atoms with E-state index in [1.54, 1.807) is 24.1 Å². The van der Waals surface area contributed by atoms with E-state index < -0.39 is 0 Å². The highest BCUT2D eigenvalue weighted by atomic mass is 16.2. The van der Waals surface area contributed by atoms with Gasteiger partial charge in [-0.05, 0) is 49.8 Å². The minimum Gasteiger partial charge on any atom is -0.315 e. The van der Waals surface area contributed by atoms with Crippen LogP contribution in [-0.4, -0.2) is 13.0 Å². The van der Waals surface area contributed by atoms with Crippen LogP contribution in [0.3, 0.4) is 0 Å². The summed E-state index contributed by atoms with van der Waals surface area (Å²) >= 11 is 0. The fourth-order valence-corrected chi connectivity index (χ4v) is 2.69. The maximum atomic E-state index is 12.4. The highest BCUT2D eigenvalue weighted by Crippen LogP contribution is 2.30. The first kappa shape index (κ1) is 13.6. The van der Waals surface area contributed by atoms with Gasteiger partial charge in [-0.25, -0.2) is 0 Å². The van der Waals surface area contributed by atoms with Gasteiger partial charge >= 0.3 is 0 Å². The lowest BCUT2D eigenvalue weighted by Gasteiger charge is -2.29. The lowest BCUT2D eigenvalue weighted by Crippen LogP contribution is -2.34. The van der Waals surface area contributed by atoms with Crippen LogP contribution in [0.4, 0.5) is 5.69 Å². The summed E-state index contributed by atoms with van der Waals surface area (Å²) in [6.45, 7) is 2.25. The molecule has 1 aromatic carbocycles. The van der Waals surface area contributed by atoms with Gasteiger partial charge in [0.2, 0.25) is 5.91 Å². The summed E-state index contributed by atoms with van der Waals surface area (Å²) in [6, 6.07) is 9.33. The molecule has 0 heterocycles. The molecule has 3 nitrogen and oxygen atoms in total. The Morgan fingerprint density at radius 3 is 2.63 bits per heavy atom. The molecule has 1 aliphatic rings. The van der Waals surface area contributed by atoms with Crippen LogP contribution < -0.4 is 4.90 Å². The Bertz CT molecular complexity index is 496. The van der Waals surface area contributed by atoms with E-state index >= 15 is 0 Å². The number of hydrogen-bond donors (Lipinski definition) is 0. The molecule has 3 heteroatoms. The SMILES string of the molecule is CC1CCC(C(=O)N(C)c2cccc(C#N)c2)CC1. The molecule has 1 saturated carbocycles. The Morgan fingerprint density at radius 2 is 2.00 bits per heavy atom. The molecule has 0 bridgehead atoms. The monoisotopic (exact) mass is 256 g/mol. The first-order valence-corrected chi connectivity index (χ1v) is 6.89. The molecule has 1 fully saturated rings. The molecule has 0 N–H and O–H groups in total. The van der Waals surface area contributed by atoms with Gasteiger partial charge in [0.25, 0.3) is 0 Å². The van der Waals surface area contributed by atoms with Crippen LogP contribution in [0.1, 0.15) is 38.2 Å². The third-order valence-electron chi connectivity index (χ3n) is 4.06. The van der Waals surface area contributed by atoms with Gasteiger partial charge < -0.3 is 4.90 Å². The molecule has 1 aromatic rings. The summed E-state index contributed by atoms with van der Waals surface area (Å²) in [4.78, 5) is 14.1. The third kappa shape index (κ3) is 3.14. The van der Waals surface area contributed by atoms with E-state index in [1.165, 1.54) is 0 Å². The molecule has 19 heavy (non-hydrogen) atoms. The summed E-state index contributed by atoms with van der Waals surface area (Å²) < 4.78 is 0. The number of nitriles is 1. The second kappa shape index (κ2) is 5.88. The first-order valence-electron chi connectivity index (χ1n) is 6.89. The smallest absolute Gasteiger partial charge is 0.229 e. The van der Waals surface area contributed by atoms with Crippen molar-refractivity contribution < 1.29 is 4.79 Å². The maximum absolute atomic E-state index is 12.4. The Morgan fingerprint density at radius 1 is 1.32 bits per heavy atom. The molecule has 0 spiro atoms. The van der Waals surface area contributed by atoms with Crippen LogP contribution in [0.5, 0.6) is 0 Å². The Labute approximate surface area is 114 Å². The van der Waals surface area contributed by atoms with Crippen LogP contribution >= 0.6 is 0 Å². The number of carbonyl (C=O) groups excluding carboxylic acids is 1. The van der Waals surface area contributed by atoms with Crippen LogP contribution in [-0.2, 0) is 4.79 Å². The summed E-state index contributed by atoms with van der Waals surface area (Å²) in [7, 11) is 1.80. The van der Waals surface area contributed by atoms with Crippen LogP contribution in [0.25, 0.3) is 0 Å². The Hall–Kier alpha value is -1.82. The molecule has 2 rings (SSSR count). The molecule has 0 radical (unpaired) electrons. The third-order valence-corrected chi connectivity index (χ3v) is 4.06. The molecule has 1 amide bonds. The standard InChI is InChI=1S/C16H20N2O/c1-12-6-8-14(9-7-12)16(19)18(2)15-5-3-4-13(10-15)11-17/h3-5,10,12,14H,6-9H2,1-2H3. The van der Waals surface area contributed by atoms with Crippen molar-refractivity contribution in [3.8, 4) is 6.07 Å². The van der Waals surface area contributed by atoms with Gasteiger partial charge in [-0.3, -0.25) is 4.79 Å². The average molecular weight is 256 g/mol. The molecular formula is C16H20N2O. The number of amides is 1. The molecule has 1 aliphatic carbocycles. The zero-order chi connectivity index (χ0) is 13.8. The van der Waals surface area contributed by atoms with Crippen molar-refractivity contribution >= 4 is 11.6 Å². The van der Waals surface area contributed by atoms with Gasteiger partial charge in [-0.2, -0.15) is 5.26 Å². The van der Waals surface area contributed by atoms with Crippen molar-refractivity contribution in [2.75, 3.05) is 11.9 Å². The Balaban J connectivity index is 2.08. The first-order chi connectivity index (χ1) is 9.11. The fraction of sp³-hybridized carbons (Fsp3) is 0.500. The maximum Gasteiger partial charge on any atom is 0.229 e. The van der Waals surface area contributed by atoms with Crippen molar-refractivity contribution in [2.24, 2.45) is 11.8 Å². The molecule has 0 saturated heterocycles. The van der Waals surface area contributed by atoms with Gasteiger partial charge in [-0.15, -0.1) is 0 Å². The van der Waals surface area contributed by atoms with E-state index in [1.807, 2.05) is 12.1 Å². The van der Waals surface area contributed by atoms with Crippen LogP contribution in [0, 0.1) is 23.2 Å².